The number of nitrogens with zero attached hydrogens (tertiary/aromatic N) is 2. The van der Waals surface area contributed by atoms with Gasteiger partial charge in [0.15, 0.2) is 5.84 Å². The molecule has 1 atom stereocenters. The van der Waals surface area contributed by atoms with Gasteiger partial charge in [-0.1, -0.05) is 24.6 Å². The molecule has 0 aliphatic carbocycles. The lowest BCUT2D eigenvalue weighted by Gasteiger charge is -2.21. The lowest BCUT2D eigenvalue weighted by Crippen LogP contribution is -2.25. The molecule has 1 fully saturated rings. The van der Waals surface area contributed by atoms with E-state index >= 15 is 0 Å². The second-order valence-electron chi connectivity index (χ2n) is 4.63. The summed E-state index contributed by atoms with van der Waals surface area (Å²) in [6, 6.07) is 4.79. The lowest BCUT2D eigenvalue weighted by molar-refractivity contribution is 0.318. The van der Waals surface area contributed by atoms with Crippen LogP contribution in [0.3, 0.4) is 0 Å². The zero-order valence-corrected chi connectivity index (χ0v) is 10.4. The molecule has 1 aliphatic rings. The first kappa shape index (κ1) is 12.7. The molecule has 1 aliphatic heterocycles. The van der Waals surface area contributed by atoms with Crippen molar-refractivity contribution in [3.63, 3.8) is 0 Å². The molecule has 0 spiro atoms. The largest absolute Gasteiger partial charge is 0.409 e. The number of anilines is 1. The Hall–Kier alpha value is -1.78. The molecule has 98 valence electrons. The predicted molar refractivity (Wildman–Crippen MR) is 69.5 cm³/mol. The summed E-state index contributed by atoms with van der Waals surface area (Å²) in [5, 5.41) is 11.7. The molecule has 1 heterocycles. The van der Waals surface area contributed by atoms with Crippen LogP contribution in [0.4, 0.5) is 10.1 Å². The van der Waals surface area contributed by atoms with Crippen molar-refractivity contribution >= 4 is 11.5 Å². The minimum Gasteiger partial charge on any atom is -0.409 e. The number of amidine groups is 1. The summed E-state index contributed by atoms with van der Waals surface area (Å²) >= 11 is 0. The fourth-order valence-corrected chi connectivity index (χ4v) is 2.46. The van der Waals surface area contributed by atoms with E-state index in [1.807, 2.05) is 6.07 Å². The van der Waals surface area contributed by atoms with E-state index in [0.29, 0.717) is 11.6 Å². The molecule has 1 aromatic rings. The van der Waals surface area contributed by atoms with Crippen LogP contribution >= 0.6 is 0 Å². The van der Waals surface area contributed by atoms with Gasteiger partial charge in [-0.3, -0.25) is 0 Å². The van der Waals surface area contributed by atoms with Crippen molar-refractivity contribution in [2.24, 2.45) is 16.8 Å². The molecule has 0 amide bonds. The van der Waals surface area contributed by atoms with Crippen molar-refractivity contribution < 1.29 is 9.60 Å². The van der Waals surface area contributed by atoms with Crippen LogP contribution in [0.1, 0.15) is 25.3 Å². The van der Waals surface area contributed by atoms with Gasteiger partial charge < -0.3 is 15.8 Å². The molecule has 0 bridgehead atoms. The van der Waals surface area contributed by atoms with Gasteiger partial charge in [0, 0.05) is 13.1 Å². The van der Waals surface area contributed by atoms with Gasteiger partial charge in [-0.05, 0) is 24.5 Å². The van der Waals surface area contributed by atoms with Gasteiger partial charge in [0.2, 0.25) is 0 Å². The summed E-state index contributed by atoms with van der Waals surface area (Å²) in [5.41, 5.74) is 6.46. The molecule has 3 N–H and O–H groups in total. The number of hydrogen-bond donors (Lipinski definition) is 2. The van der Waals surface area contributed by atoms with Crippen molar-refractivity contribution in [1.82, 2.24) is 0 Å². The third-order valence-corrected chi connectivity index (χ3v) is 3.56. The number of hydrogen-bond acceptors (Lipinski definition) is 3. The number of benzene rings is 1. The normalized spacial score (nSPS) is 20.4. The molecule has 1 saturated heterocycles. The summed E-state index contributed by atoms with van der Waals surface area (Å²) in [4.78, 5) is 2.10. The van der Waals surface area contributed by atoms with Gasteiger partial charge in [0.25, 0.3) is 0 Å². The number of rotatable bonds is 3. The van der Waals surface area contributed by atoms with Crippen LogP contribution in [0.15, 0.2) is 23.4 Å². The maximum Gasteiger partial charge on any atom is 0.175 e. The zero-order valence-electron chi connectivity index (χ0n) is 10.4. The van der Waals surface area contributed by atoms with E-state index in [2.05, 4.69) is 17.0 Å². The quantitative estimate of drug-likeness (QED) is 0.374. The molecule has 0 saturated carbocycles. The Bertz CT molecular complexity index is 462. The average molecular weight is 251 g/mol. The minimum atomic E-state index is -0.456. The summed E-state index contributed by atoms with van der Waals surface area (Å²) < 4.78 is 13.8. The van der Waals surface area contributed by atoms with E-state index in [4.69, 9.17) is 10.9 Å². The van der Waals surface area contributed by atoms with Crippen LogP contribution in [0.25, 0.3) is 0 Å². The third-order valence-electron chi connectivity index (χ3n) is 3.56. The molecule has 4 nitrogen and oxygen atoms in total. The highest BCUT2D eigenvalue weighted by Crippen LogP contribution is 2.29. The first-order valence-electron chi connectivity index (χ1n) is 6.18. The highest BCUT2D eigenvalue weighted by atomic mass is 19.1. The standard InChI is InChI=1S/C13H18FN3O/c1-2-9-6-7-17(8-9)11-5-3-4-10(14)12(11)13(15)16-18/h3-5,9,18H,2,6-8H2,1H3,(H2,15,16). The van der Waals surface area contributed by atoms with E-state index < -0.39 is 5.82 Å². The first-order valence-corrected chi connectivity index (χ1v) is 6.18. The summed E-state index contributed by atoms with van der Waals surface area (Å²) in [5.74, 6) is -0.000737. The van der Waals surface area contributed by atoms with Crippen molar-refractivity contribution in [2.75, 3.05) is 18.0 Å². The van der Waals surface area contributed by atoms with Gasteiger partial charge in [-0.25, -0.2) is 4.39 Å². The number of halogens is 1. The molecule has 18 heavy (non-hydrogen) atoms. The second-order valence-corrected chi connectivity index (χ2v) is 4.63. The molecule has 0 aromatic heterocycles. The third kappa shape index (κ3) is 2.25. The molecule has 2 rings (SSSR count). The van der Waals surface area contributed by atoms with Crippen molar-refractivity contribution in [2.45, 2.75) is 19.8 Å². The predicted octanol–water partition coefficient (Wildman–Crippen LogP) is 2.16. The Morgan fingerprint density at radius 3 is 3.00 bits per heavy atom. The topological polar surface area (TPSA) is 61.8 Å². The minimum absolute atomic E-state index is 0.178. The van der Waals surface area contributed by atoms with Gasteiger partial charge in [0.05, 0.1) is 11.3 Å². The van der Waals surface area contributed by atoms with Crippen molar-refractivity contribution in [3.05, 3.63) is 29.6 Å². The number of oxime groups is 1. The fraction of sp³-hybridized carbons (Fsp3) is 0.462. The number of nitrogens with two attached hydrogens (primary N) is 1. The Kier molecular flexibility index (Phi) is 3.69. The first-order chi connectivity index (χ1) is 8.67. The summed E-state index contributed by atoms with van der Waals surface area (Å²) in [7, 11) is 0. The second kappa shape index (κ2) is 5.25. The van der Waals surface area contributed by atoms with Crippen LogP contribution in [0, 0.1) is 11.7 Å². The monoisotopic (exact) mass is 251 g/mol. The van der Waals surface area contributed by atoms with E-state index in [1.165, 1.54) is 6.07 Å². The smallest absolute Gasteiger partial charge is 0.175 e. The molecule has 5 heteroatoms. The average Bonchev–Trinajstić information content (AvgIpc) is 2.86. The van der Waals surface area contributed by atoms with E-state index in [1.54, 1.807) is 6.07 Å². The molecule has 1 unspecified atom stereocenters. The van der Waals surface area contributed by atoms with E-state index in [0.717, 1.165) is 25.9 Å². The van der Waals surface area contributed by atoms with Crippen LogP contribution in [0.2, 0.25) is 0 Å². The lowest BCUT2D eigenvalue weighted by atomic mass is 10.1. The van der Waals surface area contributed by atoms with Gasteiger partial charge in [0.1, 0.15) is 5.82 Å². The Morgan fingerprint density at radius 1 is 1.61 bits per heavy atom. The van der Waals surface area contributed by atoms with Crippen LogP contribution < -0.4 is 10.6 Å². The SMILES string of the molecule is CCC1CCN(c2cccc(F)c2/C(N)=N/O)C1. The van der Waals surface area contributed by atoms with Gasteiger partial charge >= 0.3 is 0 Å². The maximum atomic E-state index is 13.8. The molecule has 1 aromatic carbocycles. The Labute approximate surface area is 106 Å². The highest BCUT2D eigenvalue weighted by molar-refractivity contribution is 6.02. The Balaban J connectivity index is 2.36. The Morgan fingerprint density at radius 2 is 2.39 bits per heavy atom. The molecular formula is C13H18FN3O. The summed E-state index contributed by atoms with van der Waals surface area (Å²) in [6.07, 6.45) is 2.22. The highest BCUT2D eigenvalue weighted by Gasteiger charge is 2.25. The van der Waals surface area contributed by atoms with E-state index in [9.17, 15) is 4.39 Å². The van der Waals surface area contributed by atoms with Gasteiger partial charge in [-0.2, -0.15) is 0 Å². The maximum absolute atomic E-state index is 13.8. The van der Waals surface area contributed by atoms with Crippen LogP contribution in [0.5, 0.6) is 0 Å². The summed E-state index contributed by atoms with van der Waals surface area (Å²) in [6.45, 7) is 3.93. The van der Waals surface area contributed by atoms with Gasteiger partial charge in [-0.15, -0.1) is 0 Å². The van der Waals surface area contributed by atoms with Crippen molar-refractivity contribution in [3.8, 4) is 0 Å². The van der Waals surface area contributed by atoms with Crippen LogP contribution in [-0.2, 0) is 0 Å². The zero-order chi connectivity index (χ0) is 13.1. The molecular weight excluding hydrogens is 233 g/mol. The van der Waals surface area contributed by atoms with Crippen LogP contribution in [-0.4, -0.2) is 24.1 Å². The van der Waals surface area contributed by atoms with Crippen molar-refractivity contribution in [1.29, 1.82) is 0 Å². The van der Waals surface area contributed by atoms with E-state index in [-0.39, 0.29) is 11.4 Å². The molecule has 0 radical (unpaired) electrons. The fourth-order valence-electron chi connectivity index (χ4n) is 2.46.